The van der Waals surface area contributed by atoms with Crippen LogP contribution in [-0.2, 0) is 11.3 Å². The highest BCUT2D eigenvalue weighted by Crippen LogP contribution is 2.18. The van der Waals surface area contributed by atoms with E-state index < -0.39 is 0 Å². The summed E-state index contributed by atoms with van der Waals surface area (Å²) in [4.78, 5) is 9.18. The molecule has 158 valence electrons. The molecule has 4 heterocycles. The number of hydrogen-bond donors (Lipinski definition) is 2. The average Bonchev–Trinajstić information content (AvgIpc) is 3.54. The monoisotopic (exact) mass is 406 g/mol. The minimum absolute atomic E-state index is 0.680. The number of rotatable bonds is 7. The first kappa shape index (κ1) is 21.5. The molecule has 2 N–H and O–H groups in total. The second-order valence-corrected chi connectivity index (χ2v) is 6.90. The van der Waals surface area contributed by atoms with Gasteiger partial charge in [0.05, 0.1) is 12.4 Å². The lowest BCUT2D eigenvalue weighted by atomic mass is 10.2. The summed E-state index contributed by atoms with van der Waals surface area (Å²) in [7, 11) is 0. The Morgan fingerprint density at radius 1 is 1.30 bits per heavy atom. The van der Waals surface area contributed by atoms with Crippen LogP contribution in [0.4, 0.5) is 11.6 Å². The molecule has 0 saturated carbocycles. The first-order valence-corrected chi connectivity index (χ1v) is 10.4. The third kappa shape index (κ3) is 6.42. The van der Waals surface area contributed by atoms with Gasteiger partial charge in [-0.15, -0.1) is 0 Å². The number of ether oxygens (including phenoxy) is 1. The lowest BCUT2D eigenvalue weighted by molar-refractivity contribution is 0.198. The second-order valence-electron chi connectivity index (χ2n) is 6.90. The van der Waals surface area contributed by atoms with Crippen molar-refractivity contribution < 1.29 is 4.74 Å². The van der Waals surface area contributed by atoms with E-state index in [1.807, 2.05) is 31.3 Å². The SMILES string of the molecule is C1CCOC1.C\C=C/C=C(\C=C/CC)Cn1ccc2ncc(Nc3ccn[nH]3)nc21. The molecule has 1 fully saturated rings. The smallest absolute Gasteiger partial charge is 0.161 e. The first-order valence-electron chi connectivity index (χ1n) is 10.4. The Morgan fingerprint density at radius 3 is 2.83 bits per heavy atom. The quantitative estimate of drug-likeness (QED) is 0.530. The minimum atomic E-state index is 0.680. The van der Waals surface area contributed by atoms with E-state index in [0.29, 0.717) is 5.82 Å². The number of nitrogens with zero attached hydrogens (tertiary/aromatic N) is 4. The van der Waals surface area contributed by atoms with Gasteiger partial charge in [0, 0.05) is 32.0 Å². The Bertz CT molecular complexity index is 973. The zero-order chi connectivity index (χ0) is 21.0. The number of H-pyrrole nitrogens is 1. The van der Waals surface area contributed by atoms with Gasteiger partial charge in [-0.3, -0.25) is 5.10 Å². The molecule has 3 aromatic rings. The van der Waals surface area contributed by atoms with Gasteiger partial charge in [0.25, 0.3) is 0 Å². The van der Waals surface area contributed by atoms with Crippen molar-refractivity contribution >= 4 is 22.8 Å². The van der Waals surface area contributed by atoms with Gasteiger partial charge < -0.3 is 14.6 Å². The van der Waals surface area contributed by atoms with Crippen LogP contribution in [0.2, 0.25) is 0 Å². The van der Waals surface area contributed by atoms with Crippen molar-refractivity contribution in [2.45, 2.75) is 39.7 Å². The maximum atomic E-state index is 4.94. The summed E-state index contributed by atoms with van der Waals surface area (Å²) in [5.74, 6) is 1.46. The lowest BCUT2D eigenvalue weighted by Gasteiger charge is -2.07. The van der Waals surface area contributed by atoms with Crippen LogP contribution in [0.3, 0.4) is 0 Å². The van der Waals surface area contributed by atoms with Gasteiger partial charge in [0.15, 0.2) is 11.5 Å². The number of allylic oxidation sites excluding steroid dienone is 6. The molecule has 0 radical (unpaired) electrons. The lowest BCUT2D eigenvalue weighted by Crippen LogP contribution is -2.02. The molecule has 3 aromatic heterocycles. The highest BCUT2D eigenvalue weighted by molar-refractivity contribution is 5.73. The third-order valence-corrected chi connectivity index (χ3v) is 4.48. The molecule has 0 bridgehead atoms. The first-order chi connectivity index (χ1) is 14.8. The summed E-state index contributed by atoms with van der Waals surface area (Å²) < 4.78 is 7.05. The average molecular weight is 407 g/mol. The van der Waals surface area contributed by atoms with Crippen LogP contribution in [-0.4, -0.2) is 37.9 Å². The summed E-state index contributed by atoms with van der Waals surface area (Å²) >= 11 is 0. The molecular weight excluding hydrogens is 376 g/mol. The number of fused-ring (bicyclic) bond motifs is 1. The number of hydrogen-bond acceptors (Lipinski definition) is 5. The molecule has 0 spiro atoms. The van der Waals surface area contributed by atoms with Crippen LogP contribution in [0.1, 0.15) is 33.1 Å². The molecule has 1 aliphatic rings. The van der Waals surface area contributed by atoms with E-state index in [0.717, 1.165) is 43.2 Å². The number of aromatic amines is 1. The Labute approximate surface area is 177 Å². The van der Waals surface area contributed by atoms with Crippen molar-refractivity contribution in [2.75, 3.05) is 18.5 Å². The van der Waals surface area contributed by atoms with E-state index in [9.17, 15) is 0 Å². The molecule has 0 aromatic carbocycles. The Kier molecular flexibility index (Phi) is 8.41. The zero-order valence-electron chi connectivity index (χ0n) is 17.7. The number of nitrogens with one attached hydrogen (secondary N) is 2. The Balaban J connectivity index is 0.000000448. The van der Waals surface area contributed by atoms with Crippen LogP contribution < -0.4 is 5.32 Å². The van der Waals surface area contributed by atoms with Gasteiger partial charge in [-0.05, 0) is 37.8 Å². The van der Waals surface area contributed by atoms with E-state index >= 15 is 0 Å². The summed E-state index contributed by atoms with van der Waals surface area (Å²) in [6, 6.07) is 3.83. The van der Waals surface area contributed by atoms with Gasteiger partial charge in [0.2, 0.25) is 0 Å². The van der Waals surface area contributed by atoms with Crippen molar-refractivity contribution in [3.63, 3.8) is 0 Å². The Morgan fingerprint density at radius 2 is 2.17 bits per heavy atom. The minimum Gasteiger partial charge on any atom is -0.381 e. The predicted octanol–water partition coefficient (Wildman–Crippen LogP) is 5.16. The maximum absolute atomic E-state index is 4.94. The van der Waals surface area contributed by atoms with Gasteiger partial charge >= 0.3 is 0 Å². The molecule has 7 heteroatoms. The van der Waals surface area contributed by atoms with Crippen molar-refractivity contribution in [1.29, 1.82) is 0 Å². The van der Waals surface area contributed by atoms with Crippen LogP contribution in [0.25, 0.3) is 11.2 Å². The molecule has 30 heavy (non-hydrogen) atoms. The summed E-state index contributed by atoms with van der Waals surface area (Å²) in [6.45, 7) is 6.89. The molecule has 1 aliphatic heterocycles. The second kappa shape index (κ2) is 11.7. The van der Waals surface area contributed by atoms with Crippen LogP contribution in [0.5, 0.6) is 0 Å². The van der Waals surface area contributed by atoms with Crippen LogP contribution >= 0.6 is 0 Å². The van der Waals surface area contributed by atoms with Crippen LogP contribution in [0, 0.1) is 0 Å². The van der Waals surface area contributed by atoms with Crippen molar-refractivity contribution in [1.82, 2.24) is 24.7 Å². The van der Waals surface area contributed by atoms with Gasteiger partial charge in [-0.2, -0.15) is 5.10 Å². The van der Waals surface area contributed by atoms with E-state index in [1.54, 1.807) is 12.4 Å². The highest BCUT2D eigenvalue weighted by atomic mass is 16.5. The van der Waals surface area contributed by atoms with Crippen molar-refractivity contribution in [2.24, 2.45) is 0 Å². The summed E-state index contributed by atoms with van der Waals surface area (Å²) in [6.07, 6.45) is 19.5. The summed E-state index contributed by atoms with van der Waals surface area (Å²) in [5, 5.41) is 9.95. The fourth-order valence-corrected chi connectivity index (χ4v) is 2.96. The molecule has 4 rings (SSSR count). The fraction of sp³-hybridized carbons (Fsp3) is 0.348. The van der Waals surface area contributed by atoms with Crippen LogP contribution in [0.15, 0.2) is 66.7 Å². The third-order valence-electron chi connectivity index (χ3n) is 4.48. The fourth-order valence-electron chi connectivity index (χ4n) is 2.96. The molecule has 0 amide bonds. The molecule has 0 atom stereocenters. The van der Waals surface area contributed by atoms with E-state index in [1.165, 1.54) is 18.4 Å². The molecule has 0 unspecified atom stereocenters. The maximum Gasteiger partial charge on any atom is 0.161 e. The molecule has 1 saturated heterocycles. The normalized spacial score (nSPS) is 14.5. The van der Waals surface area contributed by atoms with E-state index in [4.69, 9.17) is 9.72 Å². The topological polar surface area (TPSA) is 80.6 Å². The highest BCUT2D eigenvalue weighted by Gasteiger charge is 2.07. The van der Waals surface area contributed by atoms with E-state index in [2.05, 4.69) is 56.3 Å². The number of anilines is 2. The van der Waals surface area contributed by atoms with Gasteiger partial charge in [0.1, 0.15) is 11.3 Å². The van der Waals surface area contributed by atoms with Crippen molar-refractivity contribution in [3.05, 3.63) is 66.7 Å². The number of aromatic nitrogens is 5. The predicted molar refractivity (Wildman–Crippen MR) is 122 cm³/mol. The van der Waals surface area contributed by atoms with Gasteiger partial charge in [-0.1, -0.05) is 37.3 Å². The molecule has 0 aliphatic carbocycles. The standard InChI is InChI=1S/C19H22N6.C4H8O/c1-3-5-7-15(8-6-4-2)14-25-12-10-16-19(25)23-18(13-20-16)22-17-9-11-21-24-17;1-2-4-5-3-1/h3,5-13H,4,14H2,1-2H3,(H2,21,22,23,24);1-4H2/b5-3-,8-6-,15-7+;. The van der Waals surface area contributed by atoms with Crippen molar-refractivity contribution in [3.8, 4) is 0 Å². The molecular formula is C23H30N6O. The Hall–Kier alpha value is -3.19. The largest absolute Gasteiger partial charge is 0.381 e. The zero-order valence-corrected chi connectivity index (χ0v) is 17.7. The van der Waals surface area contributed by atoms with E-state index in [-0.39, 0.29) is 0 Å². The molecule has 7 nitrogen and oxygen atoms in total. The van der Waals surface area contributed by atoms with Gasteiger partial charge in [-0.25, -0.2) is 9.97 Å². The summed E-state index contributed by atoms with van der Waals surface area (Å²) in [5.41, 5.74) is 2.94.